The van der Waals surface area contributed by atoms with Crippen LogP contribution in [0.15, 0.2) is 78.9 Å². The molecule has 0 radical (unpaired) electrons. The zero-order chi connectivity index (χ0) is 29.6. The molecule has 3 atom stereocenters. The van der Waals surface area contributed by atoms with Crippen LogP contribution >= 0.6 is 34.8 Å². The molecule has 41 heavy (non-hydrogen) atoms. The molecule has 218 valence electrons. The van der Waals surface area contributed by atoms with E-state index in [4.69, 9.17) is 48.1 Å². The minimum Gasteiger partial charge on any atom is -0.405 e. The van der Waals surface area contributed by atoms with E-state index in [-0.39, 0.29) is 18.1 Å². The highest BCUT2D eigenvalue weighted by molar-refractivity contribution is 7.86. The van der Waals surface area contributed by atoms with E-state index in [0.717, 1.165) is 27.5 Å². The molecule has 2 heterocycles. The van der Waals surface area contributed by atoms with Gasteiger partial charge in [0.15, 0.2) is 0 Å². The first-order valence-electron chi connectivity index (χ1n) is 13.2. The fourth-order valence-electron chi connectivity index (χ4n) is 5.78. The molecule has 0 aliphatic carbocycles. The Bertz CT molecular complexity index is 1600. The summed E-state index contributed by atoms with van der Waals surface area (Å²) in [6.07, 6.45) is -0.805. The largest absolute Gasteiger partial charge is 0.405 e. The zero-order valence-corrected chi connectivity index (χ0v) is 27.3. The van der Waals surface area contributed by atoms with E-state index in [1.165, 1.54) is 0 Å². The lowest BCUT2D eigenvalue weighted by Gasteiger charge is -2.43. The summed E-state index contributed by atoms with van der Waals surface area (Å²) in [5, 5.41) is 3.95. The normalized spacial score (nSPS) is 20.1. The lowest BCUT2D eigenvalue weighted by molar-refractivity contribution is -0.0345. The van der Waals surface area contributed by atoms with Crippen LogP contribution in [-0.4, -0.2) is 46.4 Å². The quantitative estimate of drug-likeness (QED) is 0.155. The molecular weight excluding hydrogens is 621 g/mol. The standard InChI is InChI=1S/C30H32Cl3NO5SSi/c1-30(2,3)41(21-11-7-5-8-12-21,22-13-9-6-10-14-22)37-19-27-26(39-40(4,35)36)18-29(38-27)34-25-17-24(32)23(31)15-20(25)16-28(34)33/h5-17,26-27,29H,18-19H2,1-4H3/t26-,27+,29+/m0/s1. The highest BCUT2D eigenvalue weighted by atomic mass is 35.5. The van der Waals surface area contributed by atoms with Crippen LogP contribution in [0.3, 0.4) is 0 Å². The van der Waals surface area contributed by atoms with Gasteiger partial charge in [-0.3, -0.25) is 4.18 Å². The molecule has 1 aromatic heterocycles. The van der Waals surface area contributed by atoms with Crippen LogP contribution in [-0.2, 0) is 23.5 Å². The van der Waals surface area contributed by atoms with Gasteiger partial charge in [0.25, 0.3) is 18.4 Å². The third kappa shape index (κ3) is 6.12. The number of rotatable bonds is 8. The van der Waals surface area contributed by atoms with Crippen LogP contribution in [0.25, 0.3) is 10.9 Å². The average Bonchev–Trinajstić information content (AvgIpc) is 3.42. The molecule has 4 aromatic rings. The number of ether oxygens (including phenoxy) is 1. The van der Waals surface area contributed by atoms with Gasteiger partial charge in [-0.2, -0.15) is 8.42 Å². The van der Waals surface area contributed by atoms with Crippen LogP contribution in [0, 0.1) is 0 Å². The lowest BCUT2D eigenvalue weighted by Crippen LogP contribution is -2.67. The van der Waals surface area contributed by atoms with Crippen LogP contribution < -0.4 is 10.4 Å². The Morgan fingerprint density at radius 1 is 0.927 bits per heavy atom. The topological polar surface area (TPSA) is 66.8 Å². The Kier molecular flexibility index (Phi) is 8.69. The molecule has 1 aliphatic rings. The van der Waals surface area contributed by atoms with Crippen molar-refractivity contribution in [2.45, 2.75) is 50.7 Å². The van der Waals surface area contributed by atoms with Crippen molar-refractivity contribution in [1.82, 2.24) is 4.57 Å². The molecule has 0 unspecified atom stereocenters. The SMILES string of the molecule is CC(C)(C)[Si](OC[C@H]1O[C@@H](n2c(Cl)cc3cc(Cl)c(Cl)cc32)C[C@@H]1OS(C)(=O)=O)(c1ccccc1)c1ccccc1. The summed E-state index contributed by atoms with van der Waals surface area (Å²) in [5.74, 6) is 0. The van der Waals surface area contributed by atoms with E-state index in [2.05, 4.69) is 45.0 Å². The summed E-state index contributed by atoms with van der Waals surface area (Å²) in [4.78, 5) is 0. The second-order valence-corrected chi connectivity index (χ2v) is 18.4. The lowest BCUT2D eigenvalue weighted by atomic mass is 10.2. The van der Waals surface area contributed by atoms with Gasteiger partial charge in [0, 0.05) is 11.8 Å². The Labute approximate surface area is 257 Å². The molecule has 0 saturated carbocycles. The van der Waals surface area contributed by atoms with Gasteiger partial charge in [-0.1, -0.05) is 116 Å². The molecule has 1 saturated heterocycles. The number of fused-ring (bicyclic) bond motifs is 1. The average molecular weight is 653 g/mol. The number of hydrogen-bond acceptors (Lipinski definition) is 5. The third-order valence-corrected chi connectivity index (χ3v) is 14.1. The van der Waals surface area contributed by atoms with Crippen molar-refractivity contribution in [3.63, 3.8) is 0 Å². The van der Waals surface area contributed by atoms with Crippen molar-refractivity contribution in [3.05, 3.63) is 94.1 Å². The number of benzene rings is 3. The molecule has 3 aromatic carbocycles. The molecule has 6 nitrogen and oxygen atoms in total. The molecule has 0 bridgehead atoms. The van der Waals surface area contributed by atoms with Crippen molar-refractivity contribution in [2.24, 2.45) is 0 Å². The maximum Gasteiger partial charge on any atom is 0.264 e. The summed E-state index contributed by atoms with van der Waals surface area (Å²) in [6.45, 7) is 6.67. The number of halogens is 3. The fourth-order valence-corrected chi connectivity index (χ4v) is 11.7. The van der Waals surface area contributed by atoms with Gasteiger partial charge < -0.3 is 13.7 Å². The van der Waals surface area contributed by atoms with Crippen molar-refractivity contribution >= 4 is 74.5 Å². The monoisotopic (exact) mass is 651 g/mol. The predicted octanol–water partition coefficient (Wildman–Crippen LogP) is 6.81. The first-order valence-corrected chi connectivity index (χ1v) is 18.1. The Morgan fingerprint density at radius 2 is 1.49 bits per heavy atom. The summed E-state index contributed by atoms with van der Waals surface area (Å²) < 4.78 is 45.6. The minimum absolute atomic E-state index is 0.118. The zero-order valence-electron chi connectivity index (χ0n) is 23.2. The Morgan fingerprint density at radius 3 is 2.02 bits per heavy atom. The summed E-state index contributed by atoms with van der Waals surface area (Å²) in [5.41, 5.74) is 0.723. The third-order valence-electron chi connectivity index (χ3n) is 7.48. The molecule has 0 N–H and O–H groups in total. The maximum absolute atomic E-state index is 12.3. The van der Waals surface area contributed by atoms with E-state index in [9.17, 15) is 8.42 Å². The van der Waals surface area contributed by atoms with Crippen molar-refractivity contribution in [3.8, 4) is 0 Å². The second kappa shape index (κ2) is 11.7. The molecule has 0 spiro atoms. The van der Waals surface area contributed by atoms with Crippen LogP contribution in [0.1, 0.15) is 33.4 Å². The summed E-state index contributed by atoms with van der Waals surface area (Å²) in [6, 6.07) is 25.7. The molecule has 1 aliphatic heterocycles. The van der Waals surface area contributed by atoms with Gasteiger partial charge in [-0.05, 0) is 33.6 Å². The minimum atomic E-state index is -3.79. The highest BCUT2D eigenvalue weighted by Gasteiger charge is 2.51. The number of hydrogen-bond donors (Lipinski definition) is 0. The Balaban J connectivity index is 1.54. The van der Waals surface area contributed by atoms with Gasteiger partial charge in [0.1, 0.15) is 23.6 Å². The summed E-state index contributed by atoms with van der Waals surface area (Å²) >= 11 is 19.2. The van der Waals surface area contributed by atoms with E-state index in [1.807, 2.05) is 36.4 Å². The van der Waals surface area contributed by atoms with Crippen LogP contribution in [0.4, 0.5) is 0 Å². The van der Waals surface area contributed by atoms with Crippen molar-refractivity contribution in [1.29, 1.82) is 0 Å². The van der Waals surface area contributed by atoms with Gasteiger partial charge in [-0.25, -0.2) is 0 Å². The molecule has 1 fully saturated rings. The first-order chi connectivity index (χ1) is 19.3. The molecule has 5 rings (SSSR count). The van der Waals surface area contributed by atoms with Crippen molar-refractivity contribution < 1.29 is 21.8 Å². The second-order valence-electron chi connectivity index (χ2n) is 11.3. The predicted molar refractivity (Wildman–Crippen MR) is 169 cm³/mol. The van der Waals surface area contributed by atoms with Gasteiger partial charge in [-0.15, -0.1) is 0 Å². The Hall–Kier alpha value is -1.88. The molecule has 0 amide bonds. The van der Waals surface area contributed by atoms with E-state index >= 15 is 0 Å². The molecular formula is C30H32Cl3NO5SSi. The van der Waals surface area contributed by atoms with Crippen molar-refractivity contribution in [2.75, 3.05) is 12.9 Å². The maximum atomic E-state index is 12.3. The van der Waals surface area contributed by atoms with Gasteiger partial charge in [0.2, 0.25) is 0 Å². The number of nitrogens with zero attached hydrogens (tertiary/aromatic N) is 1. The van der Waals surface area contributed by atoms with E-state index < -0.39 is 36.9 Å². The smallest absolute Gasteiger partial charge is 0.264 e. The summed E-state index contributed by atoms with van der Waals surface area (Å²) in [7, 11) is -6.70. The van der Waals surface area contributed by atoms with E-state index in [1.54, 1.807) is 22.8 Å². The first kappa shape index (κ1) is 30.6. The fraction of sp³-hybridized carbons (Fsp3) is 0.333. The van der Waals surface area contributed by atoms with Gasteiger partial charge in [0.05, 0.1) is 28.4 Å². The van der Waals surface area contributed by atoms with Gasteiger partial charge >= 0.3 is 0 Å². The van der Waals surface area contributed by atoms with Crippen LogP contribution in [0.2, 0.25) is 20.2 Å². The number of aromatic nitrogens is 1. The molecule has 11 heteroatoms. The van der Waals surface area contributed by atoms with Crippen LogP contribution in [0.5, 0.6) is 0 Å². The van der Waals surface area contributed by atoms with E-state index in [0.29, 0.717) is 15.2 Å². The highest BCUT2D eigenvalue weighted by Crippen LogP contribution is 2.41.